The summed E-state index contributed by atoms with van der Waals surface area (Å²) in [6.07, 6.45) is 1.34. The zero-order valence-corrected chi connectivity index (χ0v) is 20.2. The number of hydrogen-bond acceptors (Lipinski definition) is 7. The highest BCUT2D eigenvalue weighted by molar-refractivity contribution is 7.98. The number of pyridine rings is 1. The lowest BCUT2D eigenvalue weighted by atomic mass is 10.1. The molecule has 0 saturated heterocycles. The number of aryl methyl sites for hydroxylation is 2. The highest BCUT2D eigenvalue weighted by Gasteiger charge is 2.23. The van der Waals surface area contributed by atoms with E-state index in [1.54, 1.807) is 31.2 Å². The Hall–Kier alpha value is -3.72. The average Bonchev–Trinajstić information content (AvgIpc) is 3.22. The van der Waals surface area contributed by atoms with Crippen molar-refractivity contribution >= 4 is 40.2 Å². The number of nitrogens with one attached hydrogen (secondary N) is 1. The molecular weight excluding hydrogens is 450 g/mol. The van der Waals surface area contributed by atoms with E-state index in [9.17, 15) is 9.59 Å². The van der Waals surface area contributed by atoms with Crippen molar-refractivity contribution in [3.05, 3.63) is 71.7 Å². The second-order valence-electron chi connectivity index (χ2n) is 7.74. The van der Waals surface area contributed by atoms with Crippen molar-refractivity contribution in [2.24, 2.45) is 0 Å². The molecule has 1 atom stereocenters. The number of amides is 1. The van der Waals surface area contributed by atoms with Gasteiger partial charge in [0.05, 0.1) is 16.8 Å². The van der Waals surface area contributed by atoms with E-state index in [0.29, 0.717) is 17.7 Å². The molecule has 0 aliphatic carbocycles. The van der Waals surface area contributed by atoms with Crippen molar-refractivity contribution in [3.8, 4) is 5.69 Å². The number of aromatic nitrogens is 4. The average molecular weight is 476 g/mol. The molecule has 2 heterocycles. The van der Waals surface area contributed by atoms with E-state index < -0.39 is 12.1 Å². The molecule has 1 unspecified atom stereocenters. The largest absolute Gasteiger partial charge is 0.449 e. The van der Waals surface area contributed by atoms with Crippen LogP contribution in [0.15, 0.2) is 59.8 Å². The predicted octanol–water partition coefficient (Wildman–Crippen LogP) is 4.73. The molecule has 9 heteroatoms. The van der Waals surface area contributed by atoms with Gasteiger partial charge in [0.25, 0.3) is 5.91 Å². The summed E-state index contributed by atoms with van der Waals surface area (Å²) in [6, 6.07) is 16.3. The van der Waals surface area contributed by atoms with Gasteiger partial charge in [-0.25, -0.2) is 4.79 Å². The van der Waals surface area contributed by atoms with Crippen molar-refractivity contribution in [3.63, 3.8) is 0 Å². The van der Waals surface area contributed by atoms with Crippen LogP contribution in [-0.2, 0) is 9.53 Å². The second-order valence-corrected chi connectivity index (χ2v) is 8.51. The van der Waals surface area contributed by atoms with E-state index in [1.165, 1.54) is 11.8 Å². The normalized spacial score (nSPS) is 11.9. The van der Waals surface area contributed by atoms with Gasteiger partial charge in [0.1, 0.15) is 5.82 Å². The summed E-state index contributed by atoms with van der Waals surface area (Å²) in [5, 5.41) is 12.7. The van der Waals surface area contributed by atoms with Crippen LogP contribution in [0.5, 0.6) is 0 Å². The van der Waals surface area contributed by atoms with Crippen LogP contribution in [0.1, 0.15) is 35.2 Å². The molecule has 0 aliphatic rings. The van der Waals surface area contributed by atoms with Crippen LogP contribution in [0.25, 0.3) is 16.6 Å². The molecule has 2 aromatic heterocycles. The first kappa shape index (κ1) is 23.4. The Morgan fingerprint density at radius 3 is 2.53 bits per heavy atom. The summed E-state index contributed by atoms with van der Waals surface area (Å²) >= 11 is 1.49. The molecule has 0 spiro atoms. The number of thioether (sulfide) groups is 1. The van der Waals surface area contributed by atoms with Crippen molar-refractivity contribution < 1.29 is 14.3 Å². The monoisotopic (exact) mass is 475 g/mol. The molecule has 174 valence electrons. The minimum atomic E-state index is -0.928. The van der Waals surface area contributed by atoms with E-state index in [2.05, 4.69) is 20.5 Å². The van der Waals surface area contributed by atoms with E-state index in [0.717, 1.165) is 33.3 Å². The minimum Gasteiger partial charge on any atom is -0.449 e. The Morgan fingerprint density at radius 1 is 1.09 bits per heavy atom. The Morgan fingerprint density at radius 2 is 1.82 bits per heavy atom. The number of fused-ring (bicyclic) bond motifs is 1. The van der Waals surface area contributed by atoms with Crippen LogP contribution in [0.2, 0.25) is 0 Å². The number of benzene rings is 2. The summed E-state index contributed by atoms with van der Waals surface area (Å²) < 4.78 is 7.46. The first-order valence-corrected chi connectivity index (χ1v) is 12.1. The first-order chi connectivity index (χ1) is 16.4. The number of nitrogens with zero attached hydrogens (tertiary/aromatic N) is 4. The van der Waals surface area contributed by atoms with Crippen molar-refractivity contribution in [2.75, 3.05) is 11.6 Å². The molecule has 34 heavy (non-hydrogen) atoms. The molecule has 0 fully saturated rings. The highest BCUT2D eigenvalue weighted by Crippen LogP contribution is 2.24. The van der Waals surface area contributed by atoms with Gasteiger partial charge in [-0.3, -0.25) is 14.3 Å². The molecule has 8 nitrogen and oxygen atoms in total. The Balaban J connectivity index is 1.49. The number of esters is 1. The van der Waals surface area contributed by atoms with Gasteiger partial charge in [-0.05, 0) is 62.9 Å². The fraction of sp³-hybridized carbons (Fsp3) is 0.240. The maximum absolute atomic E-state index is 13.0. The lowest BCUT2D eigenvalue weighted by Crippen LogP contribution is -2.32. The van der Waals surface area contributed by atoms with Crippen LogP contribution < -0.4 is 5.32 Å². The zero-order chi connectivity index (χ0) is 24.2. The van der Waals surface area contributed by atoms with Crippen LogP contribution in [0.4, 0.5) is 5.69 Å². The Bertz CT molecular complexity index is 1350. The minimum absolute atomic E-state index is 0.342. The van der Waals surface area contributed by atoms with Crippen LogP contribution in [0, 0.1) is 13.8 Å². The van der Waals surface area contributed by atoms with Gasteiger partial charge in [-0.1, -0.05) is 36.9 Å². The molecule has 1 N–H and O–H groups in total. The fourth-order valence-electron chi connectivity index (χ4n) is 3.66. The van der Waals surface area contributed by atoms with Gasteiger partial charge in [0.15, 0.2) is 11.3 Å². The summed E-state index contributed by atoms with van der Waals surface area (Å²) in [5.41, 5.74) is 3.41. The van der Waals surface area contributed by atoms with Gasteiger partial charge < -0.3 is 10.1 Å². The maximum atomic E-state index is 13.0. The molecule has 0 radical (unpaired) electrons. The summed E-state index contributed by atoms with van der Waals surface area (Å²) in [4.78, 5) is 30.2. The summed E-state index contributed by atoms with van der Waals surface area (Å²) in [6.45, 7) is 5.54. The molecular formula is C25H25N5O3S. The van der Waals surface area contributed by atoms with Gasteiger partial charge in [0.2, 0.25) is 0 Å². The zero-order valence-electron chi connectivity index (χ0n) is 19.4. The highest BCUT2D eigenvalue weighted by atomic mass is 32.2. The topological polar surface area (TPSA) is 99.0 Å². The number of ether oxygens (including phenoxy) is 1. The van der Waals surface area contributed by atoms with Gasteiger partial charge in [-0.15, -0.1) is 10.2 Å². The molecule has 4 rings (SSSR count). The lowest BCUT2D eigenvalue weighted by Gasteiger charge is -2.17. The van der Waals surface area contributed by atoms with E-state index in [4.69, 9.17) is 4.74 Å². The molecule has 0 saturated carbocycles. The third-order valence-corrected chi connectivity index (χ3v) is 5.98. The Labute approximate surface area is 201 Å². The lowest BCUT2D eigenvalue weighted by molar-refractivity contribution is -0.124. The van der Waals surface area contributed by atoms with Crippen LogP contribution in [0.3, 0.4) is 0 Å². The molecule has 1 amide bonds. The molecule has 0 aliphatic heterocycles. The first-order valence-electron chi connectivity index (χ1n) is 10.9. The number of carbonyl (C=O) groups is 2. The van der Waals surface area contributed by atoms with Crippen LogP contribution in [-0.4, -0.2) is 44.0 Å². The summed E-state index contributed by atoms with van der Waals surface area (Å²) in [5.74, 6) is -0.191. The number of hydrogen-bond donors (Lipinski definition) is 1. The van der Waals surface area contributed by atoms with Crippen molar-refractivity contribution in [1.82, 2.24) is 19.7 Å². The van der Waals surface area contributed by atoms with Gasteiger partial charge in [-0.2, -0.15) is 0 Å². The van der Waals surface area contributed by atoms with E-state index >= 15 is 0 Å². The maximum Gasteiger partial charge on any atom is 0.338 e. The third-order valence-electron chi connectivity index (χ3n) is 5.35. The van der Waals surface area contributed by atoms with Crippen molar-refractivity contribution in [1.29, 1.82) is 0 Å². The standard InChI is InChI=1S/C25H25N5O3S/c1-5-22(23(31)27-21-14-15(2)26-20-9-7-6-8-19(20)21)33-24(32)17-10-12-18(13-11-17)30-16(3)28-29-25(30)34-4/h6-14,22H,5H2,1-4H3,(H,26,27,31). The molecule has 0 bridgehead atoms. The quantitative estimate of drug-likeness (QED) is 0.305. The van der Waals surface area contributed by atoms with Gasteiger partial charge in [0, 0.05) is 16.8 Å². The van der Waals surface area contributed by atoms with Crippen LogP contribution >= 0.6 is 11.8 Å². The summed E-state index contributed by atoms with van der Waals surface area (Å²) in [7, 11) is 0. The number of para-hydroxylation sites is 1. The molecule has 4 aromatic rings. The SMILES string of the molecule is CCC(OC(=O)c1ccc(-n2c(C)nnc2SC)cc1)C(=O)Nc1cc(C)nc2ccccc12. The predicted molar refractivity (Wildman–Crippen MR) is 132 cm³/mol. The Kier molecular flexibility index (Phi) is 6.93. The third kappa shape index (κ3) is 4.79. The van der Waals surface area contributed by atoms with Crippen molar-refractivity contribution in [2.45, 2.75) is 38.5 Å². The smallest absolute Gasteiger partial charge is 0.338 e. The molecule has 2 aromatic carbocycles. The second kappa shape index (κ2) is 10.0. The number of carbonyl (C=O) groups excluding carboxylic acids is 2. The number of anilines is 1. The van der Waals surface area contributed by atoms with E-state index in [1.807, 2.05) is 55.0 Å². The van der Waals surface area contributed by atoms with E-state index in [-0.39, 0.29) is 5.91 Å². The number of rotatable bonds is 7. The fourth-order valence-corrected chi connectivity index (χ4v) is 4.21. The van der Waals surface area contributed by atoms with Gasteiger partial charge >= 0.3 is 5.97 Å².